The molecule has 0 saturated carbocycles. The van der Waals surface area contributed by atoms with Crippen molar-refractivity contribution >= 4 is 29.0 Å². The molecule has 6 heteroatoms. The summed E-state index contributed by atoms with van der Waals surface area (Å²) in [4.78, 5) is 16.2. The molecule has 1 aromatic heterocycles. The number of rotatable bonds is 5. The molecule has 100 valence electrons. The number of benzene rings is 1. The molecule has 0 atom stereocenters. The van der Waals surface area contributed by atoms with E-state index in [2.05, 4.69) is 4.98 Å². The van der Waals surface area contributed by atoms with Gasteiger partial charge >= 0.3 is 0 Å². The van der Waals surface area contributed by atoms with Crippen molar-refractivity contribution in [3.8, 4) is 0 Å². The Balaban J connectivity index is 2.14. The highest BCUT2D eigenvalue weighted by Crippen LogP contribution is 2.26. The molecule has 19 heavy (non-hydrogen) atoms. The Morgan fingerprint density at radius 1 is 1.37 bits per heavy atom. The second kappa shape index (κ2) is 6.19. The summed E-state index contributed by atoms with van der Waals surface area (Å²) in [6.07, 6.45) is 3.46. The molecule has 1 heterocycles. The topological polar surface area (TPSA) is 60.9 Å². The Hall–Kier alpha value is -1.36. The lowest BCUT2D eigenvalue weighted by molar-refractivity contribution is 0.0988. The van der Waals surface area contributed by atoms with Gasteiger partial charge in [-0.25, -0.2) is 4.98 Å². The van der Waals surface area contributed by atoms with Crippen molar-refractivity contribution in [2.75, 3.05) is 6.54 Å². The lowest BCUT2D eigenvalue weighted by Crippen LogP contribution is -2.08. The zero-order valence-corrected chi connectivity index (χ0v) is 11.7. The van der Waals surface area contributed by atoms with E-state index < -0.39 is 0 Å². The Morgan fingerprint density at radius 3 is 2.89 bits per heavy atom. The second-order valence-electron chi connectivity index (χ2n) is 4.10. The molecule has 0 radical (unpaired) electrons. The number of hydrogen-bond acceptors (Lipinski definition) is 3. The van der Waals surface area contributed by atoms with Crippen molar-refractivity contribution in [1.82, 2.24) is 9.55 Å². The minimum absolute atomic E-state index is 0.0973. The maximum absolute atomic E-state index is 12.1. The minimum atomic E-state index is -0.0973. The number of halogens is 2. The fraction of sp³-hybridized carbons (Fsp3) is 0.231. The van der Waals surface area contributed by atoms with E-state index in [0.29, 0.717) is 34.4 Å². The van der Waals surface area contributed by atoms with E-state index in [-0.39, 0.29) is 12.2 Å². The van der Waals surface area contributed by atoms with Gasteiger partial charge in [-0.05, 0) is 11.6 Å². The predicted molar refractivity (Wildman–Crippen MR) is 75.8 cm³/mol. The van der Waals surface area contributed by atoms with Crippen molar-refractivity contribution in [3.63, 3.8) is 0 Å². The van der Waals surface area contributed by atoms with Gasteiger partial charge in [-0.3, -0.25) is 4.79 Å². The van der Waals surface area contributed by atoms with Crippen LogP contribution in [0.5, 0.6) is 0 Å². The number of hydrogen-bond donors (Lipinski definition) is 1. The molecule has 0 aliphatic carbocycles. The van der Waals surface area contributed by atoms with Gasteiger partial charge < -0.3 is 10.3 Å². The Kier molecular flexibility index (Phi) is 4.58. The highest BCUT2D eigenvalue weighted by atomic mass is 35.5. The van der Waals surface area contributed by atoms with Gasteiger partial charge in [0.1, 0.15) is 5.69 Å². The minimum Gasteiger partial charge on any atom is -0.335 e. The van der Waals surface area contributed by atoms with Crippen LogP contribution in [0.1, 0.15) is 16.1 Å². The van der Waals surface area contributed by atoms with Crippen molar-refractivity contribution in [3.05, 3.63) is 52.0 Å². The predicted octanol–water partition coefficient (Wildman–Crippen LogP) is 2.57. The van der Waals surface area contributed by atoms with Gasteiger partial charge in [0.2, 0.25) is 0 Å². The number of nitrogens with zero attached hydrogens (tertiary/aromatic N) is 2. The molecular formula is C13H13Cl2N3O. The highest BCUT2D eigenvalue weighted by molar-refractivity contribution is 6.42. The van der Waals surface area contributed by atoms with E-state index in [0.717, 1.165) is 0 Å². The monoisotopic (exact) mass is 297 g/mol. The summed E-state index contributed by atoms with van der Waals surface area (Å²) in [6.45, 7) is 1.14. The molecular weight excluding hydrogens is 285 g/mol. The third kappa shape index (κ3) is 3.35. The van der Waals surface area contributed by atoms with Crippen LogP contribution in [0.2, 0.25) is 10.0 Å². The van der Waals surface area contributed by atoms with Crippen LogP contribution < -0.4 is 5.73 Å². The zero-order chi connectivity index (χ0) is 13.8. The van der Waals surface area contributed by atoms with Crippen LogP contribution in [0, 0.1) is 0 Å². The van der Waals surface area contributed by atoms with Crippen LogP contribution in [0.25, 0.3) is 0 Å². The van der Waals surface area contributed by atoms with Gasteiger partial charge in [0.25, 0.3) is 0 Å². The Bertz CT molecular complexity index is 595. The van der Waals surface area contributed by atoms with Crippen LogP contribution >= 0.6 is 23.2 Å². The molecule has 0 aliphatic rings. The molecule has 1 aromatic carbocycles. The summed E-state index contributed by atoms with van der Waals surface area (Å²) in [5, 5.41) is 0.861. The lowest BCUT2D eigenvalue weighted by Gasteiger charge is -2.03. The summed E-state index contributed by atoms with van der Waals surface area (Å²) in [7, 11) is 0. The third-order valence-corrected chi connectivity index (χ3v) is 3.55. The van der Waals surface area contributed by atoms with Gasteiger partial charge in [0.15, 0.2) is 5.78 Å². The second-order valence-corrected chi connectivity index (χ2v) is 4.88. The van der Waals surface area contributed by atoms with Crippen LogP contribution in [-0.2, 0) is 13.0 Å². The summed E-state index contributed by atoms with van der Waals surface area (Å²) in [5.74, 6) is -0.0973. The van der Waals surface area contributed by atoms with E-state index in [9.17, 15) is 4.79 Å². The number of nitrogens with two attached hydrogens (primary N) is 1. The zero-order valence-electron chi connectivity index (χ0n) is 10.1. The van der Waals surface area contributed by atoms with Crippen molar-refractivity contribution in [2.24, 2.45) is 5.73 Å². The number of imidazole rings is 1. The molecule has 4 nitrogen and oxygen atoms in total. The summed E-state index contributed by atoms with van der Waals surface area (Å²) in [6, 6.07) is 5.24. The van der Waals surface area contributed by atoms with Gasteiger partial charge in [-0.1, -0.05) is 35.3 Å². The van der Waals surface area contributed by atoms with Crippen molar-refractivity contribution in [2.45, 2.75) is 13.0 Å². The lowest BCUT2D eigenvalue weighted by atomic mass is 10.1. The van der Waals surface area contributed by atoms with E-state index in [1.807, 2.05) is 0 Å². The van der Waals surface area contributed by atoms with Crippen LogP contribution in [0.15, 0.2) is 30.7 Å². The third-order valence-electron chi connectivity index (χ3n) is 2.69. The molecule has 0 bridgehead atoms. The molecule has 2 aromatic rings. The van der Waals surface area contributed by atoms with Gasteiger partial charge in [0, 0.05) is 25.7 Å². The first-order valence-electron chi connectivity index (χ1n) is 5.79. The fourth-order valence-electron chi connectivity index (χ4n) is 1.72. The number of carbonyl (C=O) groups is 1. The largest absolute Gasteiger partial charge is 0.335 e. The summed E-state index contributed by atoms with van der Waals surface area (Å²) >= 11 is 12.0. The maximum atomic E-state index is 12.1. The number of ketones is 1. The molecule has 0 saturated heterocycles. The van der Waals surface area contributed by atoms with Crippen LogP contribution in [0.3, 0.4) is 0 Å². The van der Waals surface area contributed by atoms with Crippen molar-refractivity contribution in [1.29, 1.82) is 0 Å². The average molecular weight is 298 g/mol. The average Bonchev–Trinajstić information content (AvgIpc) is 2.84. The van der Waals surface area contributed by atoms with Gasteiger partial charge in [0.05, 0.1) is 16.4 Å². The molecule has 0 fully saturated rings. The summed E-state index contributed by atoms with van der Waals surface area (Å²) in [5.41, 5.74) is 6.55. The number of Topliss-reactive ketones (excluding diaryl/α,β-unsaturated/α-hetero) is 1. The van der Waals surface area contributed by atoms with E-state index >= 15 is 0 Å². The van der Waals surface area contributed by atoms with E-state index in [1.54, 1.807) is 35.3 Å². The quantitative estimate of drug-likeness (QED) is 0.863. The molecule has 2 N–H and O–H groups in total. The first-order valence-corrected chi connectivity index (χ1v) is 6.55. The maximum Gasteiger partial charge on any atom is 0.187 e. The smallest absolute Gasteiger partial charge is 0.187 e. The Labute approximate surface area is 121 Å². The standard InChI is InChI=1S/C13H13Cl2N3O/c14-10-3-1-2-9(13(10)15)6-12(19)11-7-18(5-4-16)8-17-11/h1-3,7-8H,4-6,16H2. The molecule has 0 amide bonds. The van der Waals surface area contributed by atoms with Crippen molar-refractivity contribution < 1.29 is 4.79 Å². The molecule has 2 rings (SSSR count). The van der Waals surface area contributed by atoms with E-state index in [4.69, 9.17) is 28.9 Å². The first kappa shape index (κ1) is 14.1. The van der Waals surface area contributed by atoms with Gasteiger partial charge in [-0.2, -0.15) is 0 Å². The normalized spacial score (nSPS) is 10.7. The molecule has 0 aliphatic heterocycles. The number of carbonyl (C=O) groups excluding carboxylic acids is 1. The summed E-state index contributed by atoms with van der Waals surface area (Å²) < 4.78 is 1.78. The van der Waals surface area contributed by atoms with Crippen LogP contribution in [-0.4, -0.2) is 21.9 Å². The van der Waals surface area contributed by atoms with Crippen LogP contribution in [0.4, 0.5) is 0 Å². The SMILES string of the molecule is NCCn1cnc(C(=O)Cc2cccc(Cl)c2Cl)c1. The molecule has 0 spiro atoms. The number of aromatic nitrogens is 2. The first-order chi connectivity index (χ1) is 9.11. The van der Waals surface area contributed by atoms with Gasteiger partial charge in [-0.15, -0.1) is 0 Å². The fourth-order valence-corrected chi connectivity index (χ4v) is 2.11. The highest BCUT2D eigenvalue weighted by Gasteiger charge is 2.13. The van der Waals surface area contributed by atoms with E-state index in [1.165, 1.54) is 0 Å². The Morgan fingerprint density at radius 2 is 2.16 bits per heavy atom. The molecule has 0 unspecified atom stereocenters.